The van der Waals surface area contributed by atoms with Crippen molar-refractivity contribution in [3.8, 4) is 5.75 Å². The quantitative estimate of drug-likeness (QED) is 0.783. The molecule has 0 radical (unpaired) electrons. The highest BCUT2D eigenvalue weighted by atomic mass is 35.5. The first-order valence-corrected chi connectivity index (χ1v) is 7.86. The highest BCUT2D eigenvalue weighted by Crippen LogP contribution is 2.32. The molecule has 0 amide bonds. The number of aryl methyl sites for hydroxylation is 1. The Balaban J connectivity index is 1.48. The van der Waals surface area contributed by atoms with E-state index in [1.807, 2.05) is 6.07 Å². The van der Waals surface area contributed by atoms with Gasteiger partial charge in [-0.1, -0.05) is 17.7 Å². The van der Waals surface area contributed by atoms with Gasteiger partial charge in [-0.3, -0.25) is 0 Å². The largest absolute Gasteiger partial charge is 0.489 e. The van der Waals surface area contributed by atoms with Crippen molar-refractivity contribution < 1.29 is 4.74 Å². The van der Waals surface area contributed by atoms with Gasteiger partial charge in [0.2, 0.25) is 0 Å². The molecule has 104 valence electrons. The maximum absolute atomic E-state index is 6.27. The first kappa shape index (κ1) is 13.3. The molecule has 3 heteroatoms. The fourth-order valence-electron chi connectivity index (χ4n) is 2.67. The summed E-state index contributed by atoms with van der Waals surface area (Å²) in [6.45, 7) is 3.79. The molecular weight excluding hydrogens is 258 g/mol. The van der Waals surface area contributed by atoms with Crippen LogP contribution in [0, 0.1) is 0 Å². The Bertz CT molecular complexity index is 425. The molecule has 1 saturated heterocycles. The summed E-state index contributed by atoms with van der Waals surface area (Å²) in [4.78, 5) is 2.56. The molecule has 0 atom stereocenters. The van der Waals surface area contributed by atoms with E-state index in [1.165, 1.54) is 57.3 Å². The van der Waals surface area contributed by atoms with Gasteiger partial charge in [-0.15, -0.1) is 0 Å². The lowest BCUT2D eigenvalue weighted by molar-refractivity contribution is 0.303. The second kappa shape index (κ2) is 6.15. The van der Waals surface area contributed by atoms with E-state index in [1.54, 1.807) is 0 Å². The Labute approximate surface area is 120 Å². The molecule has 0 aromatic heterocycles. The van der Waals surface area contributed by atoms with Gasteiger partial charge in [0.15, 0.2) is 0 Å². The van der Waals surface area contributed by atoms with Crippen molar-refractivity contribution in [2.45, 2.75) is 44.6 Å². The van der Waals surface area contributed by atoms with Crippen molar-refractivity contribution in [1.82, 2.24) is 4.90 Å². The van der Waals surface area contributed by atoms with Crippen molar-refractivity contribution in [3.05, 3.63) is 28.8 Å². The second-order valence-electron chi connectivity index (χ2n) is 5.73. The monoisotopic (exact) mass is 279 g/mol. The molecule has 0 bridgehead atoms. The van der Waals surface area contributed by atoms with Crippen LogP contribution in [-0.4, -0.2) is 30.6 Å². The molecule has 1 aromatic carbocycles. The molecule has 1 aliphatic heterocycles. The molecule has 0 unspecified atom stereocenters. The van der Waals surface area contributed by atoms with Crippen LogP contribution in [0.3, 0.4) is 0 Å². The van der Waals surface area contributed by atoms with Gasteiger partial charge in [0.05, 0.1) is 11.1 Å². The molecule has 3 rings (SSSR count). The Morgan fingerprint density at radius 1 is 1.21 bits per heavy atom. The zero-order valence-corrected chi connectivity index (χ0v) is 12.2. The number of hydrogen-bond acceptors (Lipinski definition) is 2. The van der Waals surface area contributed by atoms with E-state index in [2.05, 4.69) is 17.0 Å². The highest BCUT2D eigenvalue weighted by molar-refractivity contribution is 6.32. The SMILES string of the molecule is Clc1cc(CCCN2CCCC2)ccc1OC1CC1. The first-order chi connectivity index (χ1) is 9.31. The van der Waals surface area contributed by atoms with Gasteiger partial charge in [0.1, 0.15) is 5.75 Å². The van der Waals surface area contributed by atoms with Crippen LogP contribution in [0.15, 0.2) is 18.2 Å². The Hall–Kier alpha value is -0.730. The molecule has 0 N–H and O–H groups in total. The lowest BCUT2D eigenvalue weighted by Crippen LogP contribution is -2.20. The normalized spacial score (nSPS) is 19.8. The fourth-order valence-corrected chi connectivity index (χ4v) is 2.92. The molecular formula is C16H22ClNO. The molecule has 1 aliphatic carbocycles. The van der Waals surface area contributed by atoms with Crippen LogP contribution in [0.25, 0.3) is 0 Å². The van der Waals surface area contributed by atoms with Crippen LogP contribution in [0.4, 0.5) is 0 Å². The molecule has 1 saturated carbocycles. The number of hydrogen-bond donors (Lipinski definition) is 0. The minimum Gasteiger partial charge on any atom is -0.489 e. The average Bonchev–Trinajstić information content (AvgIpc) is 3.06. The van der Waals surface area contributed by atoms with Crippen LogP contribution in [0.5, 0.6) is 5.75 Å². The van der Waals surface area contributed by atoms with Crippen molar-refractivity contribution in [2.75, 3.05) is 19.6 Å². The molecule has 2 fully saturated rings. The van der Waals surface area contributed by atoms with E-state index in [4.69, 9.17) is 16.3 Å². The van der Waals surface area contributed by atoms with Gasteiger partial charge in [-0.05, 0) is 75.9 Å². The summed E-state index contributed by atoms with van der Waals surface area (Å²) >= 11 is 6.27. The number of benzene rings is 1. The number of rotatable bonds is 6. The van der Waals surface area contributed by atoms with Gasteiger partial charge >= 0.3 is 0 Å². The summed E-state index contributed by atoms with van der Waals surface area (Å²) in [6, 6.07) is 6.27. The van der Waals surface area contributed by atoms with Gasteiger partial charge in [0, 0.05) is 0 Å². The van der Waals surface area contributed by atoms with E-state index in [9.17, 15) is 0 Å². The van der Waals surface area contributed by atoms with Gasteiger partial charge < -0.3 is 9.64 Å². The van der Waals surface area contributed by atoms with E-state index < -0.39 is 0 Å². The number of ether oxygens (including phenoxy) is 1. The van der Waals surface area contributed by atoms with Crippen LogP contribution >= 0.6 is 11.6 Å². The molecule has 19 heavy (non-hydrogen) atoms. The van der Waals surface area contributed by atoms with E-state index in [0.717, 1.165) is 17.2 Å². The number of likely N-dealkylation sites (tertiary alicyclic amines) is 1. The Morgan fingerprint density at radius 2 is 2.00 bits per heavy atom. The smallest absolute Gasteiger partial charge is 0.138 e. The zero-order chi connectivity index (χ0) is 13.1. The van der Waals surface area contributed by atoms with Crippen molar-refractivity contribution in [1.29, 1.82) is 0 Å². The van der Waals surface area contributed by atoms with Crippen molar-refractivity contribution in [3.63, 3.8) is 0 Å². The topological polar surface area (TPSA) is 12.5 Å². The lowest BCUT2D eigenvalue weighted by Gasteiger charge is -2.14. The zero-order valence-electron chi connectivity index (χ0n) is 11.4. The van der Waals surface area contributed by atoms with Crippen molar-refractivity contribution >= 4 is 11.6 Å². The predicted molar refractivity (Wildman–Crippen MR) is 79.1 cm³/mol. The number of nitrogens with zero attached hydrogens (tertiary/aromatic N) is 1. The maximum atomic E-state index is 6.27. The van der Waals surface area contributed by atoms with Crippen LogP contribution < -0.4 is 4.74 Å². The summed E-state index contributed by atoms with van der Waals surface area (Å²) in [5.41, 5.74) is 1.33. The first-order valence-electron chi connectivity index (χ1n) is 7.49. The van der Waals surface area contributed by atoms with Gasteiger partial charge in [-0.2, -0.15) is 0 Å². The Morgan fingerprint density at radius 3 is 2.68 bits per heavy atom. The van der Waals surface area contributed by atoms with Crippen LogP contribution in [0.2, 0.25) is 5.02 Å². The second-order valence-corrected chi connectivity index (χ2v) is 6.14. The van der Waals surface area contributed by atoms with Crippen LogP contribution in [0.1, 0.15) is 37.7 Å². The minimum atomic E-state index is 0.415. The highest BCUT2D eigenvalue weighted by Gasteiger charge is 2.24. The van der Waals surface area contributed by atoms with E-state index >= 15 is 0 Å². The van der Waals surface area contributed by atoms with Crippen molar-refractivity contribution in [2.24, 2.45) is 0 Å². The van der Waals surface area contributed by atoms with E-state index in [-0.39, 0.29) is 0 Å². The third kappa shape index (κ3) is 3.87. The molecule has 1 heterocycles. The summed E-state index contributed by atoms with van der Waals surface area (Å²) in [7, 11) is 0. The minimum absolute atomic E-state index is 0.415. The van der Waals surface area contributed by atoms with Gasteiger partial charge in [0.25, 0.3) is 0 Å². The molecule has 1 aromatic rings. The maximum Gasteiger partial charge on any atom is 0.138 e. The Kier molecular flexibility index (Phi) is 4.29. The van der Waals surface area contributed by atoms with E-state index in [0.29, 0.717) is 6.10 Å². The third-order valence-electron chi connectivity index (χ3n) is 3.95. The summed E-state index contributed by atoms with van der Waals surface area (Å²) in [5.74, 6) is 0.854. The summed E-state index contributed by atoms with van der Waals surface area (Å²) in [5, 5.41) is 0.769. The average molecular weight is 280 g/mol. The fraction of sp³-hybridized carbons (Fsp3) is 0.625. The number of halogens is 1. The molecule has 2 aliphatic rings. The standard InChI is InChI=1S/C16H22ClNO/c17-15-12-13(4-3-11-18-9-1-2-10-18)5-8-16(15)19-14-6-7-14/h5,8,12,14H,1-4,6-7,9-11H2. The molecule has 2 nitrogen and oxygen atoms in total. The summed E-state index contributed by atoms with van der Waals surface area (Å²) < 4.78 is 5.76. The lowest BCUT2D eigenvalue weighted by atomic mass is 10.1. The van der Waals surface area contributed by atoms with Gasteiger partial charge in [-0.25, -0.2) is 0 Å². The molecule has 0 spiro atoms. The third-order valence-corrected chi connectivity index (χ3v) is 4.25. The predicted octanol–water partition coefficient (Wildman–Crippen LogP) is 3.91. The van der Waals surface area contributed by atoms with Crippen LogP contribution in [-0.2, 0) is 6.42 Å². The summed E-state index contributed by atoms with van der Waals surface area (Å²) in [6.07, 6.45) is 7.84.